The number of hydrogen-bond donors (Lipinski definition) is 0. The summed E-state index contributed by atoms with van der Waals surface area (Å²) in [5.41, 5.74) is 0. The maximum atomic E-state index is 4.74. The molecule has 14 heavy (non-hydrogen) atoms. The predicted octanol–water partition coefficient (Wildman–Crippen LogP) is 3.89. The fraction of sp³-hybridized carbons (Fsp3) is 1.00. The van der Waals surface area contributed by atoms with E-state index in [1.54, 1.807) is 0 Å². The highest BCUT2D eigenvalue weighted by Crippen LogP contribution is 2.18. The molecule has 0 bridgehead atoms. The number of rotatable bonds is 8. The van der Waals surface area contributed by atoms with Crippen LogP contribution >= 0.6 is 0 Å². The van der Waals surface area contributed by atoms with E-state index in [0.29, 0.717) is 0 Å². The van der Waals surface area contributed by atoms with Crippen LogP contribution in [0.1, 0.15) is 71.1 Å². The van der Waals surface area contributed by atoms with Crippen LogP contribution in [-0.4, -0.2) is 12.6 Å². The van der Waals surface area contributed by atoms with Crippen molar-refractivity contribution in [2.75, 3.05) is 6.54 Å². The van der Waals surface area contributed by atoms with Crippen molar-refractivity contribution in [3.05, 3.63) is 0 Å². The molecule has 0 aliphatic heterocycles. The molecule has 0 aromatic heterocycles. The second kappa shape index (κ2) is 8.28. The lowest BCUT2D eigenvalue weighted by Crippen LogP contribution is -2.19. The lowest BCUT2D eigenvalue weighted by Gasteiger charge is -2.08. The van der Waals surface area contributed by atoms with Crippen LogP contribution in [0.15, 0.2) is 0 Å². The Morgan fingerprint density at radius 3 is 2.29 bits per heavy atom. The van der Waals surface area contributed by atoms with E-state index in [1.165, 1.54) is 64.2 Å². The minimum atomic E-state index is 0.741. The molecule has 1 rings (SSSR count). The Labute approximate surface area is 89.7 Å². The van der Waals surface area contributed by atoms with E-state index < -0.39 is 0 Å². The highest BCUT2D eigenvalue weighted by atomic mass is 14.9. The lowest BCUT2D eigenvalue weighted by molar-refractivity contribution is 0.488. The van der Waals surface area contributed by atoms with Gasteiger partial charge in [-0.15, -0.1) is 0 Å². The molecule has 0 aromatic carbocycles. The SMILES string of the molecule is CCCCCCCC[N]C1CCCC1. The van der Waals surface area contributed by atoms with E-state index in [4.69, 9.17) is 5.32 Å². The Balaban J connectivity index is 1.75. The van der Waals surface area contributed by atoms with Crippen LogP contribution in [0.25, 0.3) is 0 Å². The van der Waals surface area contributed by atoms with Gasteiger partial charge in [0.15, 0.2) is 0 Å². The second-order valence-corrected chi connectivity index (χ2v) is 4.61. The molecular weight excluding hydrogens is 170 g/mol. The molecule has 0 atom stereocenters. The van der Waals surface area contributed by atoms with Gasteiger partial charge in [-0.1, -0.05) is 51.9 Å². The van der Waals surface area contributed by atoms with Crippen LogP contribution in [0.3, 0.4) is 0 Å². The zero-order valence-electron chi connectivity index (χ0n) is 9.80. The summed E-state index contributed by atoms with van der Waals surface area (Å²) < 4.78 is 0. The lowest BCUT2D eigenvalue weighted by atomic mass is 10.1. The minimum Gasteiger partial charge on any atom is -0.238 e. The smallest absolute Gasteiger partial charge is 0.0246 e. The van der Waals surface area contributed by atoms with E-state index in [2.05, 4.69) is 6.92 Å². The summed E-state index contributed by atoms with van der Waals surface area (Å²) in [4.78, 5) is 0. The fourth-order valence-corrected chi connectivity index (χ4v) is 2.25. The molecule has 1 aliphatic carbocycles. The van der Waals surface area contributed by atoms with Crippen molar-refractivity contribution in [3.8, 4) is 0 Å². The molecule has 0 unspecified atom stereocenters. The van der Waals surface area contributed by atoms with Crippen molar-refractivity contribution >= 4 is 0 Å². The molecule has 0 saturated heterocycles. The van der Waals surface area contributed by atoms with Crippen LogP contribution in [0.5, 0.6) is 0 Å². The number of nitrogens with zero attached hydrogens (tertiary/aromatic N) is 1. The third kappa shape index (κ3) is 5.64. The maximum absolute atomic E-state index is 4.74. The normalized spacial score (nSPS) is 17.8. The van der Waals surface area contributed by atoms with Gasteiger partial charge in [0, 0.05) is 12.6 Å². The summed E-state index contributed by atoms with van der Waals surface area (Å²) in [6.07, 6.45) is 13.9. The van der Waals surface area contributed by atoms with Crippen molar-refractivity contribution < 1.29 is 0 Å². The summed E-state index contributed by atoms with van der Waals surface area (Å²) in [6.45, 7) is 3.41. The van der Waals surface area contributed by atoms with Gasteiger partial charge < -0.3 is 0 Å². The molecule has 1 nitrogen and oxygen atoms in total. The van der Waals surface area contributed by atoms with Gasteiger partial charge in [0.25, 0.3) is 0 Å². The molecule has 0 spiro atoms. The largest absolute Gasteiger partial charge is 0.238 e. The molecule has 0 aromatic rings. The first-order chi connectivity index (χ1) is 6.93. The highest BCUT2D eigenvalue weighted by Gasteiger charge is 2.14. The molecule has 1 fully saturated rings. The van der Waals surface area contributed by atoms with Gasteiger partial charge in [-0.3, -0.25) is 0 Å². The first kappa shape index (κ1) is 12.0. The molecule has 0 amide bonds. The van der Waals surface area contributed by atoms with Gasteiger partial charge in [-0.25, -0.2) is 5.32 Å². The molecule has 0 N–H and O–H groups in total. The highest BCUT2D eigenvalue weighted by molar-refractivity contribution is 4.72. The average molecular weight is 196 g/mol. The van der Waals surface area contributed by atoms with E-state index >= 15 is 0 Å². The van der Waals surface area contributed by atoms with Gasteiger partial charge in [0.05, 0.1) is 0 Å². The number of unbranched alkanes of at least 4 members (excludes halogenated alkanes) is 5. The third-order valence-corrected chi connectivity index (χ3v) is 3.22. The maximum Gasteiger partial charge on any atom is 0.0246 e. The minimum absolute atomic E-state index is 0.741. The van der Waals surface area contributed by atoms with Crippen LogP contribution in [0.4, 0.5) is 0 Å². The van der Waals surface area contributed by atoms with Crippen molar-refractivity contribution in [3.63, 3.8) is 0 Å². The van der Waals surface area contributed by atoms with E-state index in [9.17, 15) is 0 Å². The Kier molecular flexibility index (Phi) is 7.12. The van der Waals surface area contributed by atoms with Crippen molar-refractivity contribution in [2.45, 2.75) is 77.2 Å². The quantitative estimate of drug-likeness (QED) is 0.523. The summed E-state index contributed by atoms with van der Waals surface area (Å²) in [7, 11) is 0. The Morgan fingerprint density at radius 1 is 0.929 bits per heavy atom. The molecule has 1 aliphatic rings. The Morgan fingerprint density at radius 2 is 1.57 bits per heavy atom. The van der Waals surface area contributed by atoms with Crippen molar-refractivity contribution in [1.82, 2.24) is 5.32 Å². The zero-order valence-corrected chi connectivity index (χ0v) is 9.80. The third-order valence-electron chi connectivity index (χ3n) is 3.22. The van der Waals surface area contributed by atoms with Gasteiger partial charge in [-0.2, -0.15) is 0 Å². The molecular formula is C13H26N. The predicted molar refractivity (Wildman–Crippen MR) is 62.6 cm³/mol. The van der Waals surface area contributed by atoms with Gasteiger partial charge in [0.2, 0.25) is 0 Å². The summed E-state index contributed by atoms with van der Waals surface area (Å²) in [5.74, 6) is 0. The first-order valence-corrected chi connectivity index (χ1v) is 6.60. The standard InChI is InChI=1S/C13H26N/c1-2-3-4-5-6-9-12-14-13-10-7-8-11-13/h13H,2-12H2,1H3. The van der Waals surface area contributed by atoms with Crippen molar-refractivity contribution in [2.24, 2.45) is 0 Å². The zero-order chi connectivity index (χ0) is 10.1. The molecule has 0 heterocycles. The monoisotopic (exact) mass is 196 g/mol. The van der Waals surface area contributed by atoms with Crippen molar-refractivity contribution in [1.29, 1.82) is 0 Å². The van der Waals surface area contributed by atoms with Crippen LogP contribution in [-0.2, 0) is 0 Å². The van der Waals surface area contributed by atoms with E-state index in [1.807, 2.05) is 0 Å². The van der Waals surface area contributed by atoms with Gasteiger partial charge in [0.1, 0.15) is 0 Å². The fourth-order valence-electron chi connectivity index (χ4n) is 2.25. The van der Waals surface area contributed by atoms with Gasteiger partial charge >= 0.3 is 0 Å². The topological polar surface area (TPSA) is 14.1 Å². The van der Waals surface area contributed by atoms with Crippen LogP contribution < -0.4 is 5.32 Å². The molecule has 83 valence electrons. The number of hydrogen-bond acceptors (Lipinski definition) is 0. The molecule has 1 saturated carbocycles. The first-order valence-electron chi connectivity index (χ1n) is 6.60. The summed E-state index contributed by atoms with van der Waals surface area (Å²) in [6, 6.07) is 0.741. The Hall–Kier alpha value is -0.0400. The van der Waals surface area contributed by atoms with Crippen LogP contribution in [0.2, 0.25) is 0 Å². The molecule has 1 radical (unpaired) electrons. The van der Waals surface area contributed by atoms with Gasteiger partial charge in [-0.05, 0) is 19.3 Å². The summed E-state index contributed by atoms with van der Waals surface area (Å²) >= 11 is 0. The van der Waals surface area contributed by atoms with E-state index in [-0.39, 0.29) is 0 Å². The van der Waals surface area contributed by atoms with E-state index in [0.717, 1.165) is 12.6 Å². The summed E-state index contributed by atoms with van der Waals surface area (Å²) in [5, 5.41) is 4.74. The average Bonchev–Trinajstić information content (AvgIpc) is 2.69. The Bertz CT molecular complexity index is 116. The van der Waals surface area contributed by atoms with Crippen LogP contribution in [0, 0.1) is 0 Å². The molecule has 1 heteroatoms. The second-order valence-electron chi connectivity index (χ2n) is 4.61.